The lowest BCUT2D eigenvalue weighted by Gasteiger charge is -2.32. The number of ether oxygens (including phenoxy) is 1. The summed E-state index contributed by atoms with van der Waals surface area (Å²) >= 11 is 0. The molecule has 2 N–H and O–H groups in total. The summed E-state index contributed by atoms with van der Waals surface area (Å²) in [5, 5.41) is 5.90. The van der Waals surface area contributed by atoms with Gasteiger partial charge >= 0.3 is 0 Å². The monoisotopic (exact) mass is 506 g/mol. The van der Waals surface area contributed by atoms with E-state index in [-0.39, 0.29) is 17.6 Å². The van der Waals surface area contributed by atoms with Gasteiger partial charge in [0.25, 0.3) is 5.91 Å². The number of carbonyl (C=O) groups is 1. The van der Waals surface area contributed by atoms with Crippen molar-refractivity contribution in [1.29, 1.82) is 0 Å². The molecule has 0 atom stereocenters. The Bertz CT molecular complexity index is 1200. The fourth-order valence-corrected chi connectivity index (χ4v) is 4.44. The van der Waals surface area contributed by atoms with Crippen molar-refractivity contribution in [2.75, 3.05) is 57.0 Å². The minimum Gasteiger partial charge on any atom is -0.490 e. The first-order chi connectivity index (χ1) is 17.8. The van der Waals surface area contributed by atoms with Gasteiger partial charge in [0.05, 0.1) is 12.2 Å². The predicted molar refractivity (Wildman–Crippen MR) is 144 cm³/mol. The molecule has 1 aromatic heterocycles. The number of hydrogen-bond donors (Lipinski definition) is 2. The number of carbonyl (C=O) groups excluding carboxylic acids is 1. The van der Waals surface area contributed by atoms with Gasteiger partial charge < -0.3 is 25.2 Å². The third-order valence-corrected chi connectivity index (χ3v) is 6.49. The van der Waals surface area contributed by atoms with Crippen LogP contribution in [0.25, 0.3) is 0 Å². The maximum Gasteiger partial charge on any atom is 0.258 e. The quantitative estimate of drug-likeness (QED) is 0.412. The maximum absolute atomic E-state index is 14.6. The van der Waals surface area contributed by atoms with Gasteiger partial charge in [0.1, 0.15) is 0 Å². The van der Waals surface area contributed by atoms with Crippen LogP contribution >= 0.6 is 0 Å². The van der Waals surface area contributed by atoms with Gasteiger partial charge in [-0.1, -0.05) is 17.7 Å². The molecule has 1 fully saturated rings. The number of hydrogen-bond acceptors (Lipinski definition) is 7. The zero-order chi connectivity index (χ0) is 26.4. The highest BCUT2D eigenvalue weighted by molar-refractivity contribution is 6.04. The van der Waals surface area contributed by atoms with Crippen LogP contribution < -0.4 is 15.4 Å². The van der Waals surface area contributed by atoms with Gasteiger partial charge in [-0.15, -0.1) is 0 Å². The smallest absolute Gasteiger partial charge is 0.258 e. The second kappa shape index (κ2) is 12.1. The summed E-state index contributed by atoms with van der Waals surface area (Å²) < 4.78 is 20.2. The van der Waals surface area contributed by atoms with E-state index in [1.54, 1.807) is 12.1 Å². The second-order valence-corrected chi connectivity index (χ2v) is 9.64. The largest absolute Gasteiger partial charge is 0.490 e. The molecule has 196 valence electrons. The fourth-order valence-electron chi connectivity index (χ4n) is 4.44. The normalized spacial score (nSPS) is 14.4. The molecule has 1 amide bonds. The number of nitrogens with zero attached hydrogens (tertiary/aromatic N) is 4. The highest BCUT2D eigenvalue weighted by Crippen LogP contribution is 2.24. The summed E-state index contributed by atoms with van der Waals surface area (Å²) in [6, 6.07) is 8.71. The molecule has 2 aromatic carbocycles. The van der Waals surface area contributed by atoms with Crippen molar-refractivity contribution in [2.24, 2.45) is 0 Å². The molecule has 0 radical (unpaired) electrons. The van der Waals surface area contributed by atoms with Crippen LogP contribution in [-0.2, 0) is 0 Å². The first-order valence-electron chi connectivity index (χ1n) is 12.6. The molecule has 1 aliphatic heterocycles. The van der Waals surface area contributed by atoms with Crippen LogP contribution in [0.4, 0.5) is 21.7 Å². The summed E-state index contributed by atoms with van der Waals surface area (Å²) in [5.41, 5.74) is 4.74. The third-order valence-electron chi connectivity index (χ3n) is 6.49. The minimum atomic E-state index is -0.454. The number of likely N-dealkylation sites (N-methyl/N-ethyl adjacent to an activating group) is 1. The van der Waals surface area contributed by atoms with E-state index in [2.05, 4.69) is 37.4 Å². The molecule has 0 saturated carbocycles. The SMILES string of the molecule is Cc1cc(C)c(NC(=O)c2cnc(Nc3ccc(OCCCN4CCN(C)CC4)c(F)c3)nc2)c(C)c1. The Hall–Kier alpha value is -3.56. The molecule has 0 spiro atoms. The zero-order valence-electron chi connectivity index (χ0n) is 22.0. The molecule has 0 unspecified atom stereocenters. The Morgan fingerprint density at radius 3 is 2.35 bits per heavy atom. The summed E-state index contributed by atoms with van der Waals surface area (Å²) in [5.74, 6) is -0.260. The van der Waals surface area contributed by atoms with Crippen molar-refractivity contribution in [3.8, 4) is 5.75 Å². The molecular formula is C28H35FN6O2. The van der Waals surface area contributed by atoms with Gasteiger partial charge in [0.15, 0.2) is 11.6 Å². The zero-order valence-corrected chi connectivity index (χ0v) is 22.0. The second-order valence-electron chi connectivity index (χ2n) is 9.64. The van der Waals surface area contributed by atoms with Gasteiger partial charge in [0.2, 0.25) is 5.95 Å². The Morgan fingerprint density at radius 2 is 1.70 bits per heavy atom. The van der Waals surface area contributed by atoms with Crippen molar-refractivity contribution in [3.05, 3.63) is 70.8 Å². The molecule has 8 nitrogen and oxygen atoms in total. The topological polar surface area (TPSA) is 82.6 Å². The van der Waals surface area contributed by atoms with Crippen molar-refractivity contribution < 1.29 is 13.9 Å². The van der Waals surface area contributed by atoms with Crippen LogP contribution in [0.15, 0.2) is 42.7 Å². The minimum absolute atomic E-state index is 0.221. The molecule has 1 saturated heterocycles. The molecule has 9 heteroatoms. The number of halogens is 1. The standard InChI is InChI=1S/C28H35FN6O2/c1-19-14-20(2)26(21(3)15-19)33-27(36)22-17-30-28(31-18-22)32-23-6-7-25(24(29)16-23)37-13-5-8-35-11-9-34(4)10-12-35/h6-7,14-18H,5,8-13H2,1-4H3,(H,33,36)(H,30,31,32). The molecule has 0 bridgehead atoms. The van der Waals surface area contributed by atoms with E-state index in [0.717, 1.165) is 61.5 Å². The average Bonchev–Trinajstić information content (AvgIpc) is 2.86. The van der Waals surface area contributed by atoms with E-state index >= 15 is 0 Å². The van der Waals surface area contributed by atoms with E-state index in [9.17, 15) is 9.18 Å². The van der Waals surface area contributed by atoms with Crippen LogP contribution in [0.3, 0.4) is 0 Å². The molecule has 2 heterocycles. The first-order valence-corrected chi connectivity index (χ1v) is 12.6. The van der Waals surface area contributed by atoms with E-state index in [4.69, 9.17) is 4.74 Å². The number of piperazine rings is 1. The Morgan fingerprint density at radius 1 is 1.03 bits per heavy atom. The van der Waals surface area contributed by atoms with Crippen LogP contribution in [-0.4, -0.2) is 72.1 Å². The number of aryl methyl sites for hydroxylation is 3. The van der Waals surface area contributed by atoms with Crippen LogP contribution in [0.5, 0.6) is 5.75 Å². The number of amides is 1. The molecule has 1 aliphatic rings. The molecule has 4 rings (SSSR count). The van der Waals surface area contributed by atoms with E-state index < -0.39 is 5.82 Å². The van der Waals surface area contributed by atoms with Crippen LogP contribution in [0.1, 0.15) is 33.5 Å². The van der Waals surface area contributed by atoms with Crippen molar-refractivity contribution in [1.82, 2.24) is 19.8 Å². The lowest BCUT2D eigenvalue weighted by Crippen LogP contribution is -2.44. The average molecular weight is 507 g/mol. The number of anilines is 3. The van der Waals surface area contributed by atoms with Gasteiger partial charge in [-0.25, -0.2) is 14.4 Å². The first kappa shape index (κ1) is 26.5. The molecule has 0 aliphatic carbocycles. The summed E-state index contributed by atoms with van der Waals surface area (Å²) in [7, 11) is 2.14. The van der Waals surface area contributed by atoms with Crippen molar-refractivity contribution in [2.45, 2.75) is 27.2 Å². The molecule has 3 aromatic rings. The fraction of sp³-hybridized carbons (Fsp3) is 0.393. The Balaban J connectivity index is 1.27. The summed E-state index contributed by atoms with van der Waals surface area (Å²) in [6.07, 6.45) is 3.73. The van der Waals surface area contributed by atoms with E-state index in [1.165, 1.54) is 18.5 Å². The summed E-state index contributed by atoms with van der Waals surface area (Å²) in [6.45, 7) is 11.6. The van der Waals surface area contributed by atoms with Crippen molar-refractivity contribution >= 4 is 23.2 Å². The van der Waals surface area contributed by atoms with Gasteiger partial charge in [-0.05, 0) is 57.5 Å². The highest BCUT2D eigenvalue weighted by atomic mass is 19.1. The number of aromatic nitrogens is 2. The third kappa shape index (κ3) is 7.24. The van der Waals surface area contributed by atoms with Crippen LogP contribution in [0.2, 0.25) is 0 Å². The lowest BCUT2D eigenvalue weighted by atomic mass is 10.0. The van der Waals surface area contributed by atoms with Gasteiger partial charge in [-0.2, -0.15) is 0 Å². The molecule has 37 heavy (non-hydrogen) atoms. The van der Waals surface area contributed by atoms with Crippen molar-refractivity contribution in [3.63, 3.8) is 0 Å². The van der Waals surface area contributed by atoms with E-state index in [0.29, 0.717) is 17.9 Å². The Labute approximate surface area is 217 Å². The summed E-state index contributed by atoms with van der Waals surface area (Å²) in [4.78, 5) is 25.8. The highest BCUT2D eigenvalue weighted by Gasteiger charge is 2.14. The maximum atomic E-state index is 14.6. The molecular weight excluding hydrogens is 471 g/mol. The van der Waals surface area contributed by atoms with E-state index in [1.807, 2.05) is 32.9 Å². The number of benzene rings is 2. The lowest BCUT2D eigenvalue weighted by molar-refractivity contribution is 0.102. The van der Waals surface area contributed by atoms with Crippen LogP contribution in [0, 0.1) is 26.6 Å². The Kier molecular flexibility index (Phi) is 8.68. The predicted octanol–water partition coefficient (Wildman–Crippen LogP) is 4.55. The number of rotatable bonds is 9. The van der Waals surface area contributed by atoms with Gasteiger partial charge in [-0.3, -0.25) is 4.79 Å². The van der Waals surface area contributed by atoms with Gasteiger partial charge in [0, 0.05) is 62.6 Å². The number of nitrogens with one attached hydrogen (secondary N) is 2.